The second-order valence-electron chi connectivity index (χ2n) is 5.71. The maximum absolute atomic E-state index is 13.1. The van der Waals surface area contributed by atoms with E-state index in [4.69, 9.17) is 17.0 Å². The second-order valence-corrected chi connectivity index (χ2v) is 7.87. The largest absolute Gasteiger partial charge is 0.506 e. The molecule has 9 heteroatoms. The summed E-state index contributed by atoms with van der Waals surface area (Å²) in [5, 5.41) is 12.7. The van der Waals surface area contributed by atoms with Gasteiger partial charge >= 0.3 is 0 Å². The number of thiocarbonyl (C=S) groups is 1. The molecular formula is C19H14Br2N2O4S. The number of carbonyl (C=O) groups excluding carboxylic acids is 2. The standard InChI is InChI=1S/C19H14Br2N2O4S/c1-2-27-13-5-3-4-12(9-13)23-18(26)14(17(25)22-19(23)28)7-10-6-11(20)8-15(21)16(10)24/h3-9,24H,2H2,1H3,(H,22,25,28)/b14-7+. The average Bonchev–Trinajstić information content (AvgIpc) is 2.63. The van der Waals surface area contributed by atoms with Crippen molar-refractivity contribution in [2.45, 2.75) is 6.92 Å². The van der Waals surface area contributed by atoms with Gasteiger partial charge in [-0.05, 0) is 65.4 Å². The molecule has 1 heterocycles. The Labute approximate surface area is 183 Å². The first-order valence-corrected chi connectivity index (χ1v) is 10.1. The lowest BCUT2D eigenvalue weighted by atomic mass is 10.1. The summed E-state index contributed by atoms with van der Waals surface area (Å²) in [5.74, 6) is -0.749. The number of phenols is 1. The van der Waals surface area contributed by atoms with E-state index in [1.807, 2.05) is 6.92 Å². The number of benzene rings is 2. The molecule has 0 atom stereocenters. The van der Waals surface area contributed by atoms with E-state index in [9.17, 15) is 14.7 Å². The van der Waals surface area contributed by atoms with Gasteiger partial charge in [0.15, 0.2) is 5.11 Å². The number of ether oxygens (including phenoxy) is 1. The van der Waals surface area contributed by atoms with E-state index >= 15 is 0 Å². The van der Waals surface area contributed by atoms with Crippen molar-refractivity contribution in [2.24, 2.45) is 0 Å². The van der Waals surface area contributed by atoms with Gasteiger partial charge in [0.1, 0.15) is 17.1 Å². The molecule has 0 aromatic heterocycles. The first-order chi connectivity index (χ1) is 13.3. The van der Waals surface area contributed by atoms with Crippen molar-refractivity contribution < 1.29 is 19.4 Å². The fraction of sp³-hybridized carbons (Fsp3) is 0.105. The van der Waals surface area contributed by atoms with Crippen molar-refractivity contribution in [3.8, 4) is 11.5 Å². The first kappa shape index (κ1) is 20.5. The minimum absolute atomic E-state index is 0.0274. The zero-order chi connectivity index (χ0) is 20.4. The van der Waals surface area contributed by atoms with Gasteiger partial charge in [0.25, 0.3) is 11.8 Å². The minimum Gasteiger partial charge on any atom is -0.506 e. The first-order valence-electron chi connectivity index (χ1n) is 8.14. The van der Waals surface area contributed by atoms with Gasteiger partial charge in [-0.2, -0.15) is 0 Å². The minimum atomic E-state index is -0.636. The summed E-state index contributed by atoms with van der Waals surface area (Å²) in [7, 11) is 0. The number of hydrogen-bond acceptors (Lipinski definition) is 5. The van der Waals surface area contributed by atoms with Gasteiger partial charge in [-0.3, -0.25) is 19.8 Å². The van der Waals surface area contributed by atoms with Crippen LogP contribution in [0.4, 0.5) is 5.69 Å². The summed E-state index contributed by atoms with van der Waals surface area (Å²) in [6.07, 6.45) is 1.32. The van der Waals surface area contributed by atoms with Crippen LogP contribution in [0.1, 0.15) is 12.5 Å². The van der Waals surface area contributed by atoms with Crippen LogP contribution in [-0.4, -0.2) is 28.6 Å². The van der Waals surface area contributed by atoms with Crippen LogP contribution >= 0.6 is 44.1 Å². The topological polar surface area (TPSA) is 78.9 Å². The van der Waals surface area contributed by atoms with E-state index in [0.717, 1.165) is 0 Å². The zero-order valence-electron chi connectivity index (χ0n) is 14.5. The number of anilines is 1. The number of amides is 2. The Bertz CT molecular complexity index is 1020. The Balaban J connectivity index is 2.05. The molecule has 0 bridgehead atoms. The smallest absolute Gasteiger partial charge is 0.270 e. The number of hydrogen-bond donors (Lipinski definition) is 2. The fourth-order valence-electron chi connectivity index (χ4n) is 2.62. The molecule has 28 heavy (non-hydrogen) atoms. The molecule has 1 fully saturated rings. The molecule has 2 amide bonds. The Morgan fingerprint density at radius 2 is 2.00 bits per heavy atom. The maximum Gasteiger partial charge on any atom is 0.270 e. The Morgan fingerprint density at radius 1 is 1.25 bits per heavy atom. The predicted octanol–water partition coefficient (Wildman–Crippen LogP) is 4.15. The molecule has 2 aromatic carbocycles. The Hall–Kier alpha value is -2.23. The molecule has 0 saturated carbocycles. The van der Waals surface area contributed by atoms with Crippen molar-refractivity contribution in [3.63, 3.8) is 0 Å². The van der Waals surface area contributed by atoms with Gasteiger partial charge < -0.3 is 9.84 Å². The van der Waals surface area contributed by atoms with Gasteiger partial charge in [0.2, 0.25) is 0 Å². The summed E-state index contributed by atoms with van der Waals surface area (Å²) in [6, 6.07) is 10.1. The number of nitrogens with one attached hydrogen (secondary N) is 1. The third kappa shape index (κ3) is 4.11. The second kappa shape index (κ2) is 8.42. The molecule has 1 saturated heterocycles. The highest BCUT2D eigenvalue weighted by atomic mass is 79.9. The molecule has 0 radical (unpaired) electrons. The van der Waals surface area contributed by atoms with Crippen molar-refractivity contribution in [1.82, 2.24) is 5.32 Å². The molecule has 0 aliphatic carbocycles. The zero-order valence-corrected chi connectivity index (χ0v) is 18.5. The number of rotatable bonds is 4. The molecule has 3 rings (SSSR count). The molecule has 6 nitrogen and oxygen atoms in total. The third-order valence-electron chi connectivity index (χ3n) is 3.85. The van der Waals surface area contributed by atoms with Crippen LogP contribution in [0.5, 0.6) is 11.5 Å². The number of nitrogens with zero attached hydrogens (tertiary/aromatic N) is 1. The van der Waals surface area contributed by atoms with Gasteiger partial charge in [-0.25, -0.2) is 0 Å². The lowest BCUT2D eigenvalue weighted by Gasteiger charge is -2.29. The van der Waals surface area contributed by atoms with Crippen molar-refractivity contribution in [3.05, 3.63) is 56.5 Å². The van der Waals surface area contributed by atoms with Crippen LogP contribution in [0.3, 0.4) is 0 Å². The summed E-state index contributed by atoms with van der Waals surface area (Å²) < 4.78 is 6.56. The van der Waals surface area contributed by atoms with E-state index in [-0.39, 0.29) is 16.4 Å². The molecule has 144 valence electrons. The quantitative estimate of drug-likeness (QED) is 0.356. The SMILES string of the molecule is CCOc1cccc(N2C(=O)/C(=C/c3cc(Br)cc(Br)c3O)C(=O)NC2=S)c1. The summed E-state index contributed by atoms with van der Waals surface area (Å²) in [6.45, 7) is 2.33. The number of halogens is 2. The van der Waals surface area contributed by atoms with Crippen molar-refractivity contribution in [2.75, 3.05) is 11.5 Å². The summed E-state index contributed by atoms with van der Waals surface area (Å²) in [4.78, 5) is 26.7. The molecule has 0 unspecified atom stereocenters. The molecule has 2 N–H and O–H groups in total. The lowest BCUT2D eigenvalue weighted by molar-refractivity contribution is -0.122. The highest BCUT2D eigenvalue weighted by Crippen LogP contribution is 2.34. The van der Waals surface area contributed by atoms with Gasteiger partial charge in [0.05, 0.1) is 16.8 Å². The highest BCUT2D eigenvalue weighted by Gasteiger charge is 2.34. The van der Waals surface area contributed by atoms with Crippen LogP contribution < -0.4 is 15.0 Å². The fourth-order valence-corrected chi connectivity index (χ4v) is 4.16. The lowest BCUT2D eigenvalue weighted by Crippen LogP contribution is -2.54. The monoisotopic (exact) mass is 524 g/mol. The Kier molecular flexibility index (Phi) is 6.17. The van der Waals surface area contributed by atoms with Gasteiger partial charge in [-0.15, -0.1) is 0 Å². The highest BCUT2D eigenvalue weighted by molar-refractivity contribution is 9.11. The number of phenolic OH excluding ortho intramolecular Hbond substituents is 1. The maximum atomic E-state index is 13.1. The van der Waals surface area contributed by atoms with Crippen LogP contribution in [0.2, 0.25) is 0 Å². The van der Waals surface area contributed by atoms with Crippen LogP contribution in [0.15, 0.2) is 50.9 Å². The number of carbonyl (C=O) groups is 2. The molecular weight excluding hydrogens is 512 g/mol. The van der Waals surface area contributed by atoms with E-state index < -0.39 is 11.8 Å². The van der Waals surface area contributed by atoms with Gasteiger partial charge in [0, 0.05) is 16.1 Å². The van der Waals surface area contributed by atoms with Crippen LogP contribution in [0.25, 0.3) is 6.08 Å². The molecule has 1 aliphatic rings. The van der Waals surface area contributed by atoms with Crippen LogP contribution in [0, 0.1) is 0 Å². The van der Waals surface area contributed by atoms with Crippen molar-refractivity contribution >= 4 is 72.8 Å². The van der Waals surface area contributed by atoms with Crippen molar-refractivity contribution in [1.29, 1.82) is 0 Å². The Morgan fingerprint density at radius 3 is 2.71 bits per heavy atom. The van der Waals surface area contributed by atoms with E-state index in [2.05, 4.69) is 37.2 Å². The van der Waals surface area contributed by atoms with E-state index in [0.29, 0.717) is 32.6 Å². The summed E-state index contributed by atoms with van der Waals surface area (Å²) >= 11 is 11.8. The van der Waals surface area contributed by atoms with E-state index in [1.165, 1.54) is 11.0 Å². The molecule has 0 spiro atoms. The van der Waals surface area contributed by atoms with Gasteiger partial charge in [-0.1, -0.05) is 22.0 Å². The van der Waals surface area contributed by atoms with E-state index in [1.54, 1.807) is 36.4 Å². The predicted molar refractivity (Wildman–Crippen MR) is 117 cm³/mol. The third-order valence-corrected chi connectivity index (χ3v) is 5.19. The summed E-state index contributed by atoms with van der Waals surface area (Å²) in [5.41, 5.74) is 0.609. The molecule has 1 aliphatic heterocycles. The molecule has 2 aromatic rings. The number of aromatic hydroxyl groups is 1. The average molecular weight is 526 g/mol. The normalized spacial score (nSPS) is 15.8. The van der Waals surface area contributed by atoms with Crippen LogP contribution in [-0.2, 0) is 9.59 Å².